The number of carbonyl (C=O) groups excluding carboxylic acids is 1. The highest BCUT2D eigenvalue weighted by Crippen LogP contribution is 2.40. The van der Waals surface area contributed by atoms with Crippen LogP contribution >= 0.6 is 0 Å². The molecule has 1 heterocycles. The Labute approximate surface area is 208 Å². The number of hydrogen-bond donors (Lipinski definition) is 1. The van der Waals surface area contributed by atoms with Crippen molar-refractivity contribution in [2.24, 2.45) is 10.7 Å². The van der Waals surface area contributed by atoms with Gasteiger partial charge in [-0.1, -0.05) is 24.6 Å². The van der Waals surface area contributed by atoms with Gasteiger partial charge in [-0.3, -0.25) is 9.79 Å². The van der Waals surface area contributed by atoms with Crippen molar-refractivity contribution in [3.8, 4) is 6.07 Å². The molecule has 6 heteroatoms. The summed E-state index contributed by atoms with van der Waals surface area (Å²) < 4.78 is 5.05. The lowest BCUT2D eigenvalue weighted by Crippen LogP contribution is -2.38. The first-order valence-corrected chi connectivity index (χ1v) is 12.4. The quantitative estimate of drug-likeness (QED) is 0.562. The van der Waals surface area contributed by atoms with Crippen LogP contribution in [-0.4, -0.2) is 43.8 Å². The van der Waals surface area contributed by atoms with E-state index < -0.39 is 0 Å². The topological polar surface area (TPSA) is 91.7 Å². The Kier molecular flexibility index (Phi) is 7.99. The van der Waals surface area contributed by atoms with Gasteiger partial charge in [0.15, 0.2) is 0 Å². The minimum Gasteiger partial charge on any atom is -0.397 e. The van der Waals surface area contributed by atoms with Crippen molar-refractivity contribution in [2.75, 3.05) is 26.8 Å². The molecule has 1 amide bonds. The zero-order chi connectivity index (χ0) is 24.8. The molecule has 1 saturated carbocycles. The van der Waals surface area contributed by atoms with Crippen LogP contribution in [0.15, 0.2) is 53.2 Å². The fourth-order valence-electron chi connectivity index (χ4n) is 4.94. The first kappa shape index (κ1) is 24.7. The highest BCUT2D eigenvalue weighted by Gasteiger charge is 2.27. The van der Waals surface area contributed by atoms with E-state index in [9.17, 15) is 4.79 Å². The number of hydrogen-bond acceptors (Lipinski definition) is 5. The third kappa shape index (κ3) is 5.63. The number of nitrogens with two attached hydrogens (primary N) is 1. The summed E-state index contributed by atoms with van der Waals surface area (Å²) in [5.41, 5.74) is 12.7. The second kappa shape index (κ2) is 11.3. The maximum Gasteiger partial charge on any atom is 0.253 e. The highest BCUT2D eigenvalue weighted by molar-refractivity contribution is 5.95. The first-order valence-electron chi connectivity index (χ1n) is 12.4. The number of methoxy groups -OCH3 is 1. The molecule has 1 aliphatic heterocycles. The number of benzene rings is 2. The van der Waals surface area contributed by atoms with E-state index in [0.29, 0.717) is 35.3 Å². The smallest absolute Gasteiger partial charge is 0.253 e. The Morgan fingerprint density at radius 1 is 1.14 bits per heavy atom. The minimum atomic E-state index is 0.0537. The van der Waals surface area contributed by atoms with Crippen LogP contribution in [0.25, 0.3) is 5.70 Å². The number of amides is 1. The number of ether oxygens (including phenoxy) is 1. The molecule has 0 spiro atoms. The van der Waals surface area contributed by atoms with Gasteiger partial charge in [0.2, 0.25) is 0 Å². The lowest BCUT2D eigenvalue weighted by molar-refractivity contribution is 0.0713. The summed E-state index contributed by atoms with van der Waals surface area (Å²) in [7, 11) is 1.63. The molecule has 0 atom stereocenters. The number of nitriles is 1. The second-order valence-corrected chi connectivity index (χ2v) is 9.50. The average molecular weight is 471 g/mol. The van der Waals surface area contributed by atoms with Gasteiger partial charge in [-0.2, -0.15) is 5.26 Å². The number of allylic oxidation sites excluding steroid dienone is 1. The van der Waals surface area contributed by atoms with E-state index in [2.05, 4.69) is 17.1 Å². The van der Waals surface area contributed by atoms with E-state index in [-0.39, 0.29) is 5.91 Å². The molecular formula is C29H34N4O2. The third-order valence-corrected chi connectivity index (χ3v) is 7.34. The van der Waals surface area contributed by atoms with Crippen molar-refractivity contribution in [1.82, 2.24) is 4.90 Å². The van der Waals surface area contributed by atoms with Crippen LogP contribution in [0, 0.1) is 11.3 Å². The Morgan fingerprint density at radius 3 is 2.46 bits per heavy atom. The molecule has 2 fully saturated rings. The molecule has 0 bridgehead atoms. The monoisotopic (exact) mass is 470 g/mol. The summed E-state index contributed by atoms with van der Waals surface area (Å²) in [4.78, 5) is 19.8. The Bertz CT molecular complexity index is 1150. The van der Waals surface area contributed by atoms with Crippen molar-refractivity contribution in [1.29, 1.82) is 5.26 Å². The molecule has 0 unspecified atom stereocenters. The number of carbonyl (C=O) groups is 1. The highest BCUT2D eigenvalue weighted by atomic mass is 16.5. The number of rotatable bonds is 7. The standard InChI is InChI=1S/C29H34N4O2/c1-20(32-14-17-35-2)28(31)27-18-25(10-11-26(27)24-4-3-5-24)29(34)33-15-12-23(13-16-33)22-8-6-21(19-30)7-9-22/h6-11,14,18,23-24H,3-5,12-13,15-17,31H2,1-2H3/b28-20-,32-14?. The van der Waals surface area contributed by atoms with E-state index in [1.165, 1.54) is 17.5 Å². The van der Waals surface area contributed by atoms with Crippen molar-refractivity contribution < 1.29 is 9.53 Å². The number of aliphatic imine (C=N–C) groups is 1. The van der Waals surface area contributed by atoms with Crippen molar-refractivity contribution >= 4 is 17.8 Å². The second-order valence-electron chi connectivity index (χ2n) is 9.50. The largest absolute Gasteiger partial charge is 0.397 e. The normalized spacial score (nSPS) is 17.7. The molecule has 4 rings (SSSR count). The van der Waals surface area contributed by atoms with Crippen molar-refractivity contribution in [2.45, 2.75) is 50.9 Å². The van der Waals surface area contributed by atoms with E-state index in [4.69, 9.17) is 15.7 Å². The van der Waals surface area contributed by atoms with E-state index in [0.717, 1.165) is 50.0 Å². The lowest BCUT2D eigenvalue weighted by Gasteiger charge is -2.33. The van der Waals surface area contributed by atoms with Gasteiger partial charge < -0.3 is 15.4 Å². The molecule has 0 radical (unpaired) electrons. The fraction of sp³-hybridized carbons (Fsp3) is 0.414. The van der Waals surface area contributed by atoms with Crippen LogP contribution in [0.1, 0.15) is 83.5 Å². The molecule has 182 valence electrons. The number of nitrogens with zero attached hydrogens (tertiary/aromatic N) is 3. The molecular weight excluding hydrogens is 436 g/mol. The van der Waals surface area contributed by atoms with Crippen molar-refractivity contribution in [3.05, 3.63) is 76.0 Å². The predicted octanol–water partition coefficient (Wildman–Crippen LogP) is 5.21. The van der Waals surface area contributed by atoms with E-state index in [1.807, 2.05) is 48.2 Å². The van der Waals surface area contributed by atoms with E-state index in [1.54, 1.807) is 13.3 Å². The summed E-state index contributed by atoms with van der Waals surface area (Å²) >= 11 is 0. The molecule has 2 aromatic rings. The van der Waals surface area contributed by atoms with Crippen LogP contribution < -0.4 is 5.73 Å². The van der Waals surface area contributed by atoms with Gasteiger partial charge in [-0.05, 0) is 79.8 Å². The fourth-order valence-corrected chi connectivity index (χ4v) is 4.94. The predicted molar refractivity (Wildman–Crippen MR) is 139 cm³/mol. The van der Waals surface area contributed by atoms with Gasteiger partial charge in [-0.25, -0.2) is 0 Å². The molecule has 1 aliphatic carbocycles. The minimum absolute atomic E-state index is 0.0537. The molecule has 1 saturated heterocycles. The Balaban J connectivity index is 1.51. The van der Waals surface area contributed by atoms with Crippen LogP contribution in [0.3, 0.4) is 0 Å². The zero-order valence-corrected chi connectivity index (χ0v) is 20.7. The summed E-state index contributed by atoms with van der Waals surface area (Å²) in [5.74, 6) is 0.958. The maximum atomic E-state index is 13.4. The lowest BCUT2D eigenvalue weighted by atomic mass is 9.77. The third-order valence-electron chi connectivity index (χ3n) is 7.34. The summed E-state index contributed by atoms with van der Waals surface area (Å²) in [6.45, 7) is 3.76. The zero-order valence-electron chi connectivity index (χ0n) is 20.7. The van der Waals surface area contributed by atoms with Crippen LogP contribution in [0.4, 0.5) is 0 Å². The van der Waals surface area contributed by atoms with Crippen LogP contribution in [-0.2, 0) is 4.74 Å². The first-order chi connectivity index (χ1) is 17.0. The summed E-state index contributed by atoms with van der Waals surface area (Å²) in [5, 5.41) is 9.02. The van der Waals surface area contributed by atoms with Gasteiger partial charge >= 0.3 is 0 Å². The molecule has 2 aliphatic rings. The Morgan fingerprint density at radius 2 is 1.86 bits per heavy atom. The van der Waals surface area contributed by atoms with Crippen molar-refractivity contribution in [3.63, 3.8) is 0 Å². The molecule has 35 heavy (non-hydrogen) atoms. The van der Waals surface area contributed by atoms with Gasteiger partial charge in [-0.15, -0.1) is 0 Å². The van der Waals surface area contributed by atoms with Crippen LogP contribution in [0.5, 0.6) is 0 Å². The number of piperidine rings is 1. The molecule has 2 N–H and O–H groups in total. The number of likely N-dealkylation sites (tertiary alicyclic amines) is 1. The molecule has 2 aromatic carbocycles. The van der Waals surface area contributed by atoms with E-state index >= 15 is 0 Å². The Hall–Kier alpha value is -3.43. The summed E-state index contributed by atoms with van der Waals surface area (Å²) in [6.07, 6.45) is 7.08. The van der Waals surface area contributed by atoms with Gasteiger partial charge in [0, 0.05) is 37.5 Å². The van der Waals surface area contributed by atoms with Gasteiger partial charge in [0.1, 0.15) is 0 Å². The maximum absolute atomic E-state index is 13.4. The molecule has 6 nitrogen and oxygen atoms in total. The average Bonchev–Trinajstić information content (AvgIpc) is 2.87. The summed E-state index contributed by atoms with van der Waals surface area (Å²) in [6, 6.07) is 16.0. The SMILES string of the molecule is COCC=N/C(C)=C(\N)c1cc(C(=O)N2CCC(c3ccc(C#N)cc3)CC2)ccc1C1CCC1. The van der Waals surface area contributed by atoms with Gasteiger partial charge in [0.05, 0.1) is 29.6 Å². The van der Waals surface area contributed by atoms with Crippen LogP contribution in [0.2, 0.25) is 0 Å². The molecule has 0 aromatic heterocycles. The van der Waals surface area contributed by atoms with Gasteiger partial charge in [0.25, 0.3) is 5.91 Å².